The standard InChI is InChI=1S/C15H12O2/c16-14-8-4-3-7-12(14)13-9-10-5-1-2-6-11(10)15(13)17/h1-8,16-17H,9H2. The molecule has 1 aliphatic rings. The Kier molecular flexibility index (Phi) is 2.15. The molecule has 0 saturated carbocycles. The van der Waals surface area contributed by atoms with E-state index in [0.29, 0.717) is 12.0 Å². The monoisotopic (exact) mass is 224 g/mol. The smallest absolute Gasteiger partial charge is 0.127 e. The molecule has 2 heteroatoms. The van der Waals surface area contributed by atoms with Crippen molar-refractivity contribution in [2.24, 2.45) is 0 Å². The van der Waals surface area contributed by atoms with Gasteiger partial charge in [0.2, 0.25) is 0 Å². The highest BCUT2D eigenvalue weighted by Crippen LogP contribution is 2.39. The molecule has 0 unspecified atom stereocenters. The van der Waals surface area contributed by atoms with Crippen LogP contribution in [0.25, 0.3) is 11.3 Å². The van der Waals surface area contributed by atoms with Gasteiger partial charge in [-0.1, -0.05) is 42.5 Å². The highest BCUT2D eigenvalue weighted by molar-refractivity contribution is 5.94. The number of allylic oxidation sites excluding steroid dienone is 1. The van der Waals surface area contributed by atoms with Gasteiger partial charge in [-0.3, -0.25) is 0 Å². The van der Waals surface area contributed by atoms with Crippen LogP contribution in [0.2, 0.25) is 0 Å². The fourth-order valence-corrected chi connectivity index (χ4v) is 2.29. The van der Waals surface area contributed by atoms with Gasteiger partial charge < -0.3 is 10.2 Å². The van der Waals surface area contributed by atoms with Crippen LogP contribution >= 0.6 is 0 Å². The molecule has 2 N–H and O–H groups in total. The molecule has 0 spiro atoms. The molecule has 84 valence electrons. The zero-order valence-corrected chi connectivity index (χ0v) is 9.22. The van der Waals surface area contributed by atoms with Crippen molar-refractivity contribution in [3.63, 3.8) is 0 Å². The van der Waals surface area contributed by atoms with Crippen LogP contribution in [-0.4, -0.2) is 10.2 Å². The van der Waals surface area contributed by atoms with E-state index in [1.807, 2.05) is 36.4 Å². The molecule has 0 radical (unpaired) electrons. The van der Waals surface area contributed by atoms with Crippen molar-refractivity contribution in [1.82, 2.24) is 0 Å². The Bertz CT molecular complexity index is 612. The average Bonchev–Trinajstić information content (AvgIpc) is 2.68. The molecule has 0 bridgehead atoms. The lowest BCUT2D eigenvalue weighted by Crippen LogP contribution is -1.87. The Hall–Kier alpha value is -2.22. The predicted octanol–water partition coefficient (Wildman–Crippen LogP) is 3.37. The van der Waals surface area contributed by atoms with E-state index in [0.717, 1.165) is 16.7 Å². The fraction of sp³-hybridized carbons (Fsp3) is 0.0667. The number of phenolic OH excluding ortho intramolecular Hbond substituents is 1. The van der Waals surface area contributed by atoms with Gasteiger partial charge in [-0.2, -0.15) is 0 Å². The van der Waals surface area contributed by atoms with Crippen LogP contribution in [0.3, 0.4) is 0 Å². The third-order valence-electron chi connectivity index (χ3n) is 3.15. The Morgan fingerprint density at radius 1 is 0.765 bits per heavy atom. The summed E-state index contributed by atoms with van der Waals surface area (Å²) in [6, 6.07) is 14.9. The molecule has 17 heavy (non-hydrogen) atoms. The maximum atomic E-state index is 10.2. The van der Waals surface area contributed by atoms with E-state index >= 15 is 0 Å². The lowest BCUT2D eigenvalue weighted by Gasteiger charge is -2.05. The predicted molar refractivity (Wildman–Crippen MR) is 67.7 cm³/mol. The maximum absolute atomic E-state index is 10.2. The molecule has 0 aliphatic heterocycles. The Morgan fingerprint density at radius 3 is 2.12 bits per heavy atom. The quantitative estimate of drug-likeness (QED) is 0.779. The van der Waals surface area contributed by atoms with Crippen LogP contribution in [0.5, 0.6) is 5.75 Å². The third-order valence-corrected chi connectivity index (χ3v) is 3.15. The van der Waals surface area contributed by atoms with Gasteiger partial charge in [0, 0.05) is 23.1 Å². The second-order valence-electron chi connectivity index (χ2n) is 4.18. The molecule has 0 atom stereocenters. The molecular formula is C15H12O2. The maximum Gasteiger partial charge on any atom is 0.127 e. The number of aliphatic hydroxyl groups is 1. The van der Waals surface area contributed by atoms with Crippen LogP contribution in [0.15, 0.2) is 48.5 Å². The summed E-state index contributed by atoms with van der Waals surface area (Å²) in [6.45, 7) is 0. The summed E-state index contributed by atoms with van der Waals surface area (Å²) in [7, 11) is 0. The minimum absolute atomic E-state index is 0.210. The minimum atomic E-state index is 0.210. The van der Waals surface area contributed by atoms with Gasteiger partial charge in [-0.25, -0.2) is 0 Å². The number of rotatable bonds is 1. The SMILES string of the molecule is OC1=C(c2ccccc2O)Cc2ccccc21. The first-order valence-electron chi connectivity index (χ1n) is 5.56. The number of hydrogen-bond donors (Lipinski definition) is 2. The summed E-state index contributed by atoms with van der Waals surface area (Å²) in [4.78, 5) is 0. The molecular weight excluding hydrogens is 212 g/mol. The number of para-hydroxylation sites is 1. The van der Waals surface area contributed by atoms with Gasteiger partial charge >= 0.3 is 0 Å². The van der Waals surface area contributed by atoms with E-state index in [4.69, 9.17) is 0 Å². The number of aromatic hydroxyl groups is 1. The van der Waals surface area contributed by atoms with E-state index < -0.39 is 0 Å². The minimum Gasteiger partial charge on any atom is -0.507 e. The van der Waals surface area contributed by atoms with Crippen LogP contribution in [0.1, 0.15) is 16.7 Å². The normalized spacial score (nSPS) is 13.9. The fourth-order valence-electron chi connectivity index (χ4n) is 2.29. The topological polar surface area (TPSA) is 40.5 Å². The van der Waals surface area contributed by atoms with Gasteiger partial charge in [0.05, 0.1) is 0 Å². The van der Waals surface area contributed by atoms with Crippen LogP contribution < -0.4 is 0 Å². The van der Waals surface area contributed by atoms with Gasteiger partial charge in [0.15, 0.2) is 0 Å². The molecule has 0 heterocycles. The van der Waals surface area contributed by atoms with Crippen molar-refractivity contribution in [2.45, 2.75) is 6.42 Å². The van der Waals surface area contributed by atoms with Crippen molar-refractivity contribution in [3.05, 3.63) is 65.2 Å². The second-order valence-corrected chi connectivity index (χ2v) is 4.18. The first kappa shape index (κ1) is 9.97. The summed E-state index contributed by atoms with van der Waals surface area (Å²) in [5.74, 6) is 0.490. The van der Waals surface area contributed by atoms with Crippen molar-refractivity contribution >= 4 is 11.3 Å². The van der Waals surface area contributed by atoms with Gasteiger partial charge in [-0.05, 0) is 11.6 Å². The van der Waals surface area contributed by atoms with E-state index in [1.165, 1.54) is 0 Å². The van der Waals surface area contributed by atoms with E-state index in [9.17, 15) is 10.2 Å². The Balaban J connectivity index is 2.15. The zero-order chi connectivity index (χ0) is 11.8. The summed E-state index contributed by atoms with van der Waals surface area (Å²) in [5.41, 5.74) is 3.47. The zero-order valence-electron chi connectivity index (χ0n) is 9.22. The summed E-state index contributed by atoms with van der Waals surface area (Å²) < 4.78 is 0. The highest BCUT2D eigenvalue weighted by atomic mass is 16.3. The molecule has 3 rings (SSSR count). The number of fused-ring (bicyclic) bond motifs is 1. The van der Waals surface area contributed by atoms with E-state index in [2.05, 4.69) is 0 Å². The van der Waals surface area contributed by atoms with E-state index in [1.54, 1.807) is 12.1 Å². The Morgan fingerprint density at radius 2 is 1.41 bits per heavy atom. The van der Waals surface area contributed by atoms with Crippen molar-refractivity contribution < 1.29 is 10.2 Å². The third kappa shape index (κ3) is 1.49. The molecule has 2 aromatic carbocycles. The largest absolute Gasteiger partial charge is 0.507 e. The lowest BCUT2D eigenvalue weighted by molar-refractivity contribution is 0.472. The van der Waals surface area contributed by atoms with Crippen molar-refractivity contribution in [3.8, 4) is 5.75 Å². The van der Waals surface area contributed by atoms with Crippen LogP contribution in [0, 0.1) is 0 Å². The van der Waals surface area contributed by atoms with Crippen molar-refractivity contribution in [2.75, 3.05) is 0 Å². The first-order valence-corrected chi connectivity index (χ1v) is 5.56. The molecule has 0 aromatic heterocycles. The van der Waals surface area contributed by atoms with Gasteiger partial charge in [0.1, 0.15) is 11.5 Å². The highest BCUT2D eigenvalue weighted by Gasteiger charge is 2.23. The molecule has 2 nitrogen and oxygen atoms in total. The summed E-state index contributed by atoms with van der Waals surface area (Å²) >= 11 is 0. The molecule has 2 aromatic rings. The summed E-state index contributed by atoms with van der Waals surface area (Å²) in [6.07, 6.45) is 0.666. The Labute approximate surface area is 99.5 Å². The number of phenols is 1. The number of aliphatic hydroxyl groups excluding tert-OH is 1. The van der Waals surface area contributed by atoms with E-state index in [-0.39, 0.29) is 11.5 Å². The second kappa shape index (κ2) is 3.67. The number of hydrogen-bond acceptors (Lipinski definition) is 2. The van der Waals surface area contributed by atoms with Gasteiger partial charge in [-0.15, -0.1) is 0 Å². The summed E-state index contributed by atoms with van der Waals surface area (Å²) in [5, 5.41) is 20.0. The first-order chi connectivity index (χ1) is 8.27. The van der Waals surface area contributed by atoms with Crippen LogP contribution in [0.4, 0.5) is 0 Å². The molecule has 0 amide bonds. The molecule has 0 fully saturated rings. The molecule has 0 saturated heterocycles. The van der Waals surface area contributed by atoms with Gasteiger partial charge in [0.25, 0.3) is 0 Å². The average molecular weight is 224 g/mol. The molecule has 1 aliphatic carbocycles. The lowest BCUT2D eigenvalue weighted by atomic mass is 10.0. The van der Waals surface area contributed by atoms with Crippen LogP contribution in [-0.2, 0) is 6.42 Å². The van der Waals surface area contributed by atoms with Crippen molar-refractivity contribution in [1.29, 1.82) is 0 Å². The number of benzene rings is 2.